The molecule has 3 aromatic rings. The third-order valence-electron chi connectivity index (χ3n) is 7.50. The van der Waals surface area contributed by atoms with Crippen LogP contribution in [0.3, 0.4) is 0 Å². The Labute approximate surface area is 196 Å². The Bertz CT molecular complexity index is 1310. The minimum Gasteiger partial charge on any atom is -0.490 e. The second-order valence-corrected chi connectivity index (χ2v) is 9.76. The fourth-order valence-electron chi connectivity index (χ4n) is 5.32. The molecule has 7 nitrogen and oxygen atoms in total. The molecule has 2 N–H and O–H groups in total. The first-order valence-electron chi connectivity index (χ1n) is 12.0. The molecule has 34 heavy (non-hydrogen) atoms. The zero-order valence-corrected chi connectivity index (χ0v) is 18.9. The minimum atomic E-state index is -0.514. The van der Waals surface area contributed by atoms with E-state index in [1.807, 2.05) is 12.1 Å². The van der Waals surface area contributed by atoms with Crippen molar-refractivity contribution in [3.8, 4) is 5.75 Å². The first-order valence-corrected chi connectivity index (χ1v) is 12.0. The van der Waals surface area contributed by atoms with Gasteiger partial charge in [-0.1, -0.05) is 6.07 Å². The van der Waals surface area contributed by atoms with E-state index < -0.39 is 5.82 Å². The van der Waals surface area contributed by atoms with E-state index in [9.17, 15) is 14.0 Å². The van der Waals surface area contributed by atoms with Crippen LogP contribution in [0.1, 0.15) is 40.9 Å². The fourth-order valence-corrected chi connectivity index (χ4v) is 5.32. The minimum absolute atomic E-state index is 0.0909. The van der Waals surface area contributed by atoms with Gasteiger partial charge in [0, 0.05) is 38.0 Å². The normalized spacial score (nSPS) is 22.1. The molecule has 1 saturated carbocycles. The zero-order chi connectivity index (χ0) is 23.2. The summed E-state index contributed by atoms with van der Waals surface area (Å²) in [6.45, 7) is 3.15. The van der Waals surface area contributed by atoms with Gasteiger partial charge in [0.05, 0.1) is 22.7 Å². The number of halogens is 1. The first kappa shape index (κ1) is 21.3. The summed E-state index contributed by atoms with van der Waals surface area (Å²) >= 11 is 0. The summed E-state index contributed by atoms with van der Waals surface area (Å²) in [5.74, 6) is 0.838. The second kappa shape index (κ2) is 8.51. The lowest BCUT2D eigenvalue weighted by Gasteiger charge is -2.26. The number of nitrogens with one attached hydrogen (secondary N) is 2. The second-order valence-electron chi connectivity index (χ2n) is 9.76. The molecule has 3 aliphatic rings. The van der Waals surface area contributed by atoms with Gasteiger partial charge in [-0.15, -0.1) is 0 Å². The van der Waals surface area contributed by atoms with E-state index in [0.717, 1.165) is 37.2 Å². The van der Waals surface area contributed by atoms with Crippen LogP contribution in [-0.2, 0) is 6.42 Å². The molecule has 2 unspecified atom stereocenters. The highest BCUT2D eigenvalue weighted by Gasteiger charge is 2.38. The Kier molecular flexibility index (Phi) is 5.32. The van der Waals surface area contributed by atoms with E-state index in [2.05, 4.69) is 15.5 Å². The molecule has 8 heteroatoms. The smallest absolute Gasteiger partial charge is 0.272 e. The highest BCUT2D eigenvalue weighted by Crippen LogP contribution is 2.30. The molecule has 1 aliphatic carbocycles. The average molecular weight is 463 g/mol. The monoisotopic (exact) mass is 462 g/mol. The van der Waals surface area contributed by atoms with Crippen LogP contribution < -0.4 is 15.6 Å². The van der Waals surface area contributed by atoms with E-state index in [1.54, 1.807) is 23.1 Å². The number of hydrogen-bond acceptors (Lipinski definition) is 5. The number of ether oxygens (including phenoxy) is 1. The number of hydrogen-bond donors (Lipinski definition) is 2. The quantitative estimate of drug-likeness (QED) is 0.609. The van der Waals surface area contributed by atoms with E-state index in [0.29, 0.717) is 47.8 Å². The molecule has 0 bridgehead atoms. The van der Waals surface area contributed by atoms with Crippen LogP contribution in [-0.4, -0.2) is 53.3 Å². The number of carbonyl (C=O) groups is 1. The molecule has 2 atom stereocenters. The van der Waals surface area contributed by atoms with Crippen LogP contribution in [0, 0.1) is 17.7 Å². The largest absolute Gasteiger partial charge is 0.490 e. The predicted molar refractivity (Wildman–Crippen MR) is 126 cm³/mol. The molecule has 2 saturated heterocycles. The third-order valence-corrected chi connectivity index (χ3v) is 7.50. The van der Waals surface area contributed by atoms with Gasteiger partial charge in [0.25, 0.3) is 11.5 Å². The van der Waals surface area contributed by atoms with Crippen molar-refractivity contribution in [1.29, 1.82) is 0 Å². The maximum Gasteiger partial charge on any atom is 0.272 e. The van der Waals surface area contributed by atoms with Crippen molar-refractivity contribution in [3.05, 3.63) is 69.4 Å². The number of amides is 1. The number of nitrogens with zero attached hydrogens (tertiary/aromatic N) is 2. The number of likely N-dealkylation sites (tertiary alicyclic amines) is 1. The van der Waals surface area contributed by atoms with Gasteiger partial charge in [0.15, 0.2) is 0 Å². The number of fused-ring (bicyclic) bond motifs is 2. The molecule has 1 amide bonds. The number of aromatic amines is 1. The van der Waals surface area contributed by atoms with Gasteiger partial charge in [-0.2, -0.15) is 5.10 Å². The summed E-state index contributed by atoms with van der Waals surface area (Å²) in [5, 5.41) is 11.4. The maximum atomic E-state index is 14.7. The maximum absolute atomic E-state index is 14.7. The SMILES string of the molecule is O=C(c1cc(Cc2n[nH]c(=O)c3ccc(OC4CCC4)cc23)ccc1F)N1CC2CNCC2C1. The van der Waals surface area contributed by atoms with Gasteiger partial charge in [-0.25, -0.2) is 9.49 Å². The van der Waals surface area contributed by atoms with Crippen LogP contribution in [0.25, 0.3) is 10.8 Å². The lowest BCUT2D eigenvalue weighted by molar-refractivity contribution is 0.0777. The van der Waals surface area contributed by atoms with Crippen LogP contribution >= 0.6 is 0 Å². The van der Waals surface area contributed by atoms with Crippen LogP contribution in [0.2, 0.25) is 0 Å². The van der Waals surface area contributed by atoms with E-state index >= 15 is 0 Å². The van der Waals surface area contributed by atoms with Crippen molar-refractivity contribution in [2.45, 2.75) is 31.8 Å². The van der Waals surface area contributed by atoms with Gasteiger partial charge in [-0.3, -0.25) is 9.59 Å². The molecule has 2 aliphatic heterocycles. The summed E-state index contributed by atoms with van der Waals surface area (Å²) < 4.78 is 20.7. The van der Waals surface area contributed by atoms with Gasteiger partial charge < -0.3 is 15.0 Å². The molecule has 6 rings (SSSR count). The molecular formula is C26H27FN4O3. The van der Waals surface area contributed by atoms with Crippen LogP contribution in [0.15, 0.2) is 41.2 Å². The standard InChI is InChI=1S/C26H27FN4O3/c27-23-7-4-15(8-22(23)26(33)31-13-16-11-28-12-17(16)14-31)9-24-21-10-19(34-18-2-1-3-18)5-6-20(21)25(32)30-29-24/h4-8,10,16-18,28H,1-3,9,11-14H2,(H,30,32). The fraction of sp³-hybridized carbons (Fsp3) is 0.423. The lowest BCUT2D eigenvalue weighted by atomic mass is 9.96. The molecule has 0 radical (unpaired) electrons. The van der Waals surface area contributed by atoms with Crippen LogP contribution in [0.5, 0.6) is 5.75 Å². The summed E-state index contributed by atoms with van der Waals surface area (Å²) in [7, 11) is 0. The average Bonchev–Trinajstić information content (AvgIpc) is 3.41. The number of aromatic nitrogens is 2. The van der Waals surface area contributed by atoms with E-state index in [1.165, 1.54) is 12.5 Å². The van der Waals surface area contributed by atoms with Crippen molar-refractivity contribution in [2.24, 2.45) is 11.8 Å². The van der Waals surface area contributed by atoms with Crippen molar-refractivity contribution in [1.82, 2.24) is 20.4 Å². The zero-order valence-electron chi connectivity index (χ0n) is 18.9. The Morgan fingerprint density at radius 1 is 1.09 bits per heavy atom. The van der Waals surface area contributed by atoms with Gasteiger partial charge >= 0.3 is 0 Å². The summed E-state index contributed by atoms with van der Waals surface area (Å²) in [6.07, 6.45) is 3.84. The number of rotatable bonds is 5. The van der Waals surface area contributed by atoms with Crippen molar-refractivity contribution >= 4 is 16.7 Å². The number of H-pyrrole nitrogens is 1. The van der Waals surface area contributed by atoms with Gasteiger partial charge in [-0.05, 0) is 67.0 Å². The highest BCUT2D eigenvalue weighted by atomic mass is 19.1. The Balaban J connectivity index is 1.28. The number of carbonyl (C=O) groups excluding carboxylic acids is 1. The molecule has 0 spiro atoms. The van der Waals surface area contributed by atoms with Crippen LogP contribution in [0.4, 0.5) is 4.39 Å². The molecule has 2 aromatic carbocycles. The predicted octanol–water partition coefficient (Wildman–Crippen LogP) is 2.88. The van der Waals surface area contributed by atoms with Gasteiger partial charge in [0.2, 0.25) is 0 Å². The van der Waals surface area contributed by atoms with Gasteiger partial charge in [0.1, 0.15) is 11.6 Å². The third kappa shape index (κ3) is 3.86. The molecule has 3 fully saturated rings. The van der Waals surface area contributed by atoms with Crippen molar-refractivity contribution < 1.29 is 13.9 Å². The Morgan fingerprint density at radius 3 is 2.62 bits per heavy atom. The highest BCUT2D eigenvalue weighted by molar-refractivity contribution is 5.95. The van der Waals surface area contributed by atoms with Crippen molar-refractivity contribution in [3.63, 3.8) is 0 Å². The van der Waals surface area contributed by atoms with E-state index in [-0.39, 0.29) is 23.1 Å². The molecule has 1 aromatic heterocycles. The molecule has 176 valence electrons. The topological polar surface area (TPSA) is 87.3 Å². The Hall–Kier alpha value is -3.26. The first-order chi connectivity index (χ1) is 16.5. The summed E-state index contributed by atoms with van der Waals surface area (Å²) in [6, 6.07) is 10.1. The molecular weight excluding hydrogens is 435 g/mol. The lowest BCUT2D eigenvalue weighted by Crippen LogP contribution is -2.32. The summed E-state index contributed by atoms with van der Waals surface area (Å²) in [5.41, 5.74) is 1.24. The summed E-state index contributed by atoms with van der Waals surface area (Å²) in [4.78, 5) is 27.2. The number of benzene rings is 2. The van der Waals surface area contributed by atoms with Crippen molar-refractivity contribution in [2.75, 3.05) is 26.2 Å². The van der Waals surface area contributed by atoms with E-state index in [4.69, 9.17) is 4.74 Å². The molecule has 3 heterocycles. The Morgan fingerprint density at radius 2 is 1.88 bits per heavy atom.